The molecule has 0 spiro atoms. The summed E-state index contributed by atoms with van der Waals surface area (Å²) in [7, 11) is 0. The van der Waals surface area contributed by atoms with Crippen molar-refractivity contribution in [3.8, 4) is 0 Å². The van der Waals surface area contributed by atoms with Gasteiger partial charge in [0.1, 0.15) is 0 Å². The molecule has 142 valence electrons. The Hall–Kier alpha value is -1.65. The van der Waals surface area contributed by atoms with Gasteiger partial charge < -0.3 is 0 Å². The van der Waals surface area contributed by atoms with Gasteiger partial charge in [-0.15, -0.1) is 0 Å². The average Bonchev–Trinajstić information content (AvgIpc) is 3.41. The van der Waals surface area contributed by atoms with Crippen molar-refractivity contribution < 1.29 is 14.4 Å². The molecule has 8 aliphatic carbocycles. The summed E-state index contributed by atoms with van der Waals surface area (Å²) in [5.41, 5.74) is 2.53. The van der Waals surface area contributed by atoms with Gasteiger partial charge in [0.2, 0.25) is 5.91 Å². The molecule has 27 heavy (non-hydrogen) atoms. The smallest absolute Gasteiger partial charge is 0.252 e. The van der Waals surface area contributed by atoms with Gasteiger partial charge in [-0.2, -0.15) is 5.01 Å². The molecule has 7 fully saturated rings. The molecule has 6 saturated carbocycles. The minimum absolute atomic E-state index is 0.0487. The molecule has 3 amide bonds. The van der Waals surface area contributed by atoms with Gasteiger partial charge in [-0.1, -0.05) is 12.2 Å². The van der Waals surface area contributed by atoms with E-state index in [1.54, 1.807) is 0 Å². The summed E-state index contributed by atoms with van der Waals surface area (Å²) in [6.45, 7) is 0. The number of carbonyl (C=O) groups excluding carboxylic acids is 3. The lowest BCUT2D eigenvalue weighted by atomic mass is 9.49. The van der Waals surface area contributed by atoms with Gasteiger partial charge in [-0.25, -0.2) is 0 Å². The molecule has 0 aromatic carbocycles. The van der Waals surface area contributed by atoms with Crippen LogP contribution in [0.15, 0.2) is 12.2 Å². The molecule has 0 aromatic heterocycles. The van der Waals surface area contributed by atoms with Crippen LogP contribution >= 0.6 is 0 Å². The standard InChI is InChI=1S/C22H26N2O3/c25-19-17-13-1-2-14(16-6-15(13)16)18(17)20(26)24(19)23-21(27)22-7-10-3-11(8-22)5-12(4-10)9-22/h1-2,10-18H,3-9H2,(H,23,27). The van der Waals surface area contributed by atoms with E-state index in [0.717, 1.165) is 30.7 Å². The predicted molar refractivity (Wildman–Crippen MR) is 95.3 cm³/mol. The maximum Gasteiger partial charge on any atom is 0.252 e. The van der Waals surface area contributed by atoms with Gasteiger partial charge in [0.05, 0.1) is 17.3 Å². The van der Waals surface area contributed by atoms with Gasteiger partial charge in [0.25, 0.3) is 11.8 Å². The summed E-state index contributed by atoms with van der Waals surface area (Å²) in [5, 5.41) is 1.15. The summed E-state index contributed by atoms with van der Waals surface area (Å²) in [6.07, 6.45) is 12.2. The molecule has 9 rings (SSSR count). The molecular weight excluding hydrogens is 340 g/mol. The first kappa shape index (κ1) is 15.3. The number of allylic oxidation sites excluding steroid dienone is 2. The Bertz CT molecular complexity index is 745. The molecule has 6 atom stereocenters. The van der Waals surface area contributed by atoms with Crippen molar-refractivity contribution in [2.24, 2.45) is 58.7 Å². The number of rotatable bonds is 2. The Labute approximate surface area is 158 Å². The zero-order chi connectivity index (χ0) is 18.1. The second kappa shape index (κ2) is 4.66. The summed E-state index contributed by atoms with van der Waals surface area (Å²) < 4.78 is 0. The van der Waals surface area contributed by atoms with Gasteiger partial charge in [-0.05, 0) is 86.4 Å². The van der Waals surface area contributed by atoms with Crippen LogP contribution in [0.2, 0.25) is 0 Å². The van der Waals surface area contributed by atoms with E-state index < -0.39 is 0 Å². The number of carbonyl (C=O) groups is 3. The highest BCUT2D eigenvalue weighted by atomic mass is 16.2. The van der Waals surface area contributed by atoms with Crippen LogP contribution in [-0.2, 0) is 14.4 Å². The fourth-order valence-electron chi connectivity index (χ4n) is 8.68. The van der Waals surface area contributed by atoms with E-state index >= 15 is 0 Å². The maximum absolute atomic E-state index is 13.3. The molecule has 1 aliphatic heterocycles. The van der Waals surface area contributed by atoms with E-state index in [1.165, 1.54) is 19.3 Å². The van der Waals surface area contributed by atoms with Crippen molar-refractivity contribution in [3.63, 3.8) is 0 Å². The molecule has 1 N–H and O–H groups in total. The highest BCUT2D eigenvalue weighted by Crippen LogP contribution is 2.65. The van der Waals surface area contributed by atoms with Gasteiger partial charge in [0, 0.05) is 0 Å². The van der Waals surface area contributed by atoms with Crippen molar-refractivity contribution in [1.29, 1.82) is 0 Å². The highest BCUT2D eigenvalue weighted by Gasteiger charge is 2.67. The monoisotopic (exact) mass is 366 g/mol. The lowest BCUT2D eigenvalue weighted by Gasteiger charge is -2.55. The largest absolute Gasteiger partial charge is 0.273 e. The van der Waals surface area contributed by atoms with Crippen LogP contribution in [0.3, 0.4) is 0 Å². The van der Waals surface area contributed by atoms with Crippen LogP contribution in [0, 0.1) is 58.7 Å². The summed E-state index contributed by atoms with van der Waals surface area (Å²) in [4.78, 5) is 39.6. The number of nitrogens with one attached hydrogen (secondary N) is 1. The Kier molecular flexibility index (Phi) is 2.64. The summed E-state index contributed by atoms with van der Waals surface area (Å²) >= 11 is 0. The average molecular weight is 366 g/mol. The van der Waals surface area contributed by atoms with Crippen molar-refractivity contribution in [2.45, 2.75) is 44.9 Å². The molecule has 5 nitrogen and oxygen atoms in total. The van der Waals surface area contributed by atoms with Crippen LogP contribution in [-0.4, -0.2) is 22.7 Å². The molecule has 6 bridgehead atoms. The van der Waals surface area contributed by atoms with Crippen LogP contribution in [0.5, 0.6) is 0 Å². The van der Waals surface area contributed by atoms with Gasteiger partial charge in [-0.3, -0.25) is 19.8 Å². The molecule has 1 heterocycles. The first-order chi connectivity index (χ1) is 13.0. The highest BCUT2D eigenvalue weighted by molar-refractivity contribution is 6.07. The second-order valence-electron chi connectivity index (χ2n) is 10.8. The SMILES string of the molecule is O=C1C2C3C=CC(C4CC34)C2C(=O)N1NC(=O)C12CC3CC(CC(C3)C1)C2. The maximum atomic E-state index is 13.3. The van der Waals surface area contributed by atoms with E-state index in [4.69, 9.17) is 0 Å². The first-order valence-electron chi connectivity index (χ1n) is 10.9. The molecule has 1 saturated heterocycles. The number of amides is 3. The third-order valence-corrected chi connectivity index (χ3v) is 9.40. The van der Waals surface area contributed by atoms with Crippen LogP contribution in [0.4, 0.5) is 0 Å². The quantitative estimate of drug-likeness (QED) is 0.602. The molecule has 5 heteroatoms. The van der Waals surface area contributed by atoms with E-state index in [9.17, 15) is 14.4 Å². The predicted octanol–water partition coefficient (Wildman–Crippen LogP) is 2.29. The number of imide groups is 1. The van der Waals surface area contributed by atoms with Crippen molar-refractivity contribution in [1.82, 2.24) is 10.4 Å². The van der Waals surface area contributed by atoms with Crippen molar-refractivity contribution >= 4 is 17.7 Å². The van der Waals surface area contributed by atoms with Crippen molar-refractivity contribution in [2.75, 3.05) is 0 Å². The number of hydrogen-bond acceptors (Lipinski definition) is 3. The minimum Gasteiger partial charge on any atom is -0.273 e. The molecule has 0 aromatic rings. The van der Waals surface area contributed by atoms with E-state index in [-0.39, 0.29) is 46.8 Å². The third-order valence-electron chi connectivity index (χ3n) is 9.40. The van der Waals surface area contributed by atoms with Gasteiger partial charge >= 0.3 is 0 Å². The van der Waals surface area contributed by atoms with E-state index in [1.807, 2.05) is 0 Å². The zero-order valence-corrected chi connectivity index (χ0v) is 15.5. The van der Waals surface area contributed by atoms with Crippen LogP contribution < -0.4 is 5.43 Å². The van der Waals surface area contributed by atoms with Crippen molar-refractivity contribution in [3.05, 3.63) is 12.2 Å². The Morgan fingerprint density at radius 2 is 1.33 bits per heavy atom. The topological polar surface area (TPSA) is 66.5 Å². The molecule has 6 unspecified atom stereocenters. The molecule has 9 aliphatic rings. The van der Waals surface area contributed by atoms with E-state index in [2.05, 4.69) is 17.6 Å². The van der Waals surface area contributed by atoms with Crippen LogP contribution in [0.25, 0.3) is 0 Å². The molecular formula is C22H26N2O3. The fourth-order valence-corrected chi connectivity index (χ4v) is 8.68. The Morgan fingerprint density at radius 1 is 0.852 bits per heavy atom. The minimum atomic E-state index is -0.331. The molecule has 0 radical (unpaired) electrons. The van der Waals surface area contributed by atoms with Gasteiger partial charge in [0.15, 0.2) is 0 Å². The number of nitrogens with zero attached hydrogens (tertiary/aromatic N) is 1. The number of hydrazine groups is 1. The number of hydrogen-bond donors (Lipinski definition) is 1. The second-order valence-corrected chi connectivity index (χ2v) is 10.8. The Morgan fingerprint density at radius 3 is 1.81 bits per heavy atom. The van der Waals surface area contributed by atoms with E-state index in [0.29, 0.717) is 29.6 Å². The summed E-state index contributed by atoms with van der Waals surface area (Å²) in [5.74, 6) is 2.82. The fraction of sp³-hybridized carbons (Fsp3) is 0.773. The Balaban J connectivity index is 1.16. The summed E-state index contributed by atoms with van der Waals surface area (Å²) in [6, 6.07) is 0. The lowest BCUT2D eigenvalue weighted by molar-refractivity contribution is -0.160. The lowest BCUT2D eigenvalue weighted by Crippen LogP contribution is -2.58. The first-order valence-corrected chi connectivity index (χ1v) is 10.9. The normalized spacial score (nSPS) is 55.7. The third kappa shape index (κ3) is 1.79. The van der Waals surface area contributed by atoms with Crippen LogP contribution in [0.1, 0.15) is 44.9 Å². The zero-order valence-electron chi connectivity index (χ0n) is 15.5.